The number of hydrogen-bond acceptors (Lipinski definition) is 6. The SMILES string of the molecule is CCN(C(=O)C(C)C)[C@H]1CCN(c2nc3cc(Cl)c(Cl)cc3nc2OCC2(F)CCOCC2)C1. The van der Waals surface area contributed by atoms with Crippen LogP contribution in [-0.4, -0.2) is 71.9 Å². The maximum Gasteiger partial charge on any atom is 0.258 e. The van der Waals surface area contributed by atoms with Crippen LogP contribution in [0.2, 0.25) is 10.0 Å². The van der Waals surface area contributed by atoms with Gasteiger partial charge in [0.1, 0.15) is 12.3 Å². The molecule has 10 heteroatoms. The highest BCUT2D eigenvalue weighted by molar-refractivity contribution is 6.42. The number of likely N-dealkylation sites (N-methyl/N-ethyl adjacent to an activating group) is 1. The van der Waals surface area contributed by atoms with Gasteiger partial charge in [-0.25, -0.2) is 14.4 Å². The first-order valence-electron chi connectivity index (χ1n) is 11.8. The third kappa shape index (κ3) is 5.34. The molecule has 2 aliphatic rings. The molecule has 0 radical (unpaired) electrons. The molecule has 1 amide bonds. The molecule has 0 spiro atoms. The molecule has 2 fully saturated rings. The second-order valence-corrected chi connectivity index (χ2v) is 10.1. The van der Waals surface area contributed by atoms with E-state index in [0.717, 1.165) is 6.42 Å². The van der Waals surface area contributed by atoms with Crippen LogP contribution < -0.4 is 9.64 Å². The number of fused-ring (bicyclic) bond motifs is 1. The third-order valence-electron chi connectivity index (χ3n) is 6.53. The van der Waals surface area contributed by atoms with Gasteiger partial charge >= 0.3 is 0 Å². The second kappa shape index (κ2) is 10.4. The van der Waals surface area contributed by atoms with E-state index in [1.54, 1.807) is 12.1 Å². The van der Waals surface area contributed by atoms with Gasteiger partial charge in [-0.2, -0.15) is 0 Å². The number of ether oxygens (including phenoxy) is 2. The number of aromatic nitrogens is 2. The summed E-state index contributed by atoms with van der Waals surface area (Å²) in [5.74, 6) is 0.849. The van der Waals surface area contributed by atoms with Crippen molar-refractivity contribution < 1.29 is 18.7 Å². The average molecular weight is 513 g/mol. The van der Waals surface area contributed by atoms with Crippen LogP contribution in [0.25, 0.3) is 11.0 Å². The van der Waals surface area contributed by atoms with E-state index in [-0.39, 0.29) is 43.2 Å². The van der Waals surface area contributed by atoms with Crippen molar-refractivity contribution in [2.45, 2.75) is 51.7 Å². The molecule has 1 atom stereocenters. The number of hydrogen-bond donors (Lipinski definition) is 0. The lowest BCUT2D eigenvalue weighted by Crippen LogP contribution is -2.44. The van der Waals surface area contributed by atoms with Gasteiger partial charge in [-0.3, -0.25) is 4.79 Å². The lowest BCUT2D eigenvalue weighted by Gasteiger charge is -2.31. The van der Waals surface area contributed by atoms with E-state index in [1.807, 2.05) is 25.7 Å². The molecule has 1 aromatic carbocycles. The van der Waals surface area contributed by atoms with E-state index in [1.165, 1.54) is 0 Å². The van der Waals surface area contributed by atoms with Gasteiger partial charge in [0.05, 0.1) is 27.1 Å². The van der Waals surface area contributed by atoms with E-state index >= 15 is 4.39 Å². The Morgan fingerprint density at radius 3 is 2.53 bits per heavy atom. The maximum atomic E-state index is 15.2. The Kier molecular flexibility index (Phi) is 7.69. The summed E-state index contributed by atoms with van der Waals surface area (Å²) in [4.78, 5) is 26.1. The summed E-state index contributed by atoms with van der Waals surface area (Å²) in [5.41, 5.74) is -0.374. The first-order valence-corrected chi connectivity index (χ1v) is 12.6. The highest BCUT2D eigenvalue weighted by Gasteiger charge is 2.36. The summed E-state index contributed by atoms with van der Waals surface area (Å²) in [5, 5.41) is 0.743. The molecule has 2 aliphatic heterocycles. The standard InChI is InChI=1S/C24H31Cl2FN4O3/c1-4-31(23(32)15(2)3)16-5-8-30(13-16)21-22(34-14-24(27)6-9-33-10-7-24)29-20-12-18(26)17(25)11-19(20)28-21/h11-12,15-16H,4-10,13-14H2,1-3H3/t16-/m0/s1. The van der Waals surface area contributed by atoms with E-state index < -0.39 is 5.67 Å². The Hall–Kier alpha value is -1.90. The monoisotopic (exact) mass is 512 g/mol. The quantitative estimate of drug-likeness (QED) is 0.524. The average Bonchev–Trinajstić information content (AvgIpc) is 3.28. The van der Waals surface area contributed by atoms with Gasteiger partial charge in [0.2, 0.25) is 5.91 Å². The van der Waals surface area contributed by atoms with Gasteiger partial charge in [0.25, 0.3) is 5.88 Å². The zero-order chi connectivity index (χ0) is 24.5. The van der Waals surface area contributed by atoms with Crippen LogP contribution in [-0.2, 0) is 9.53 Å². The number of nitrogens with zero attached hydrogens (tertiary/aromatic N) is 4. The molecule has 2 aromatic rings. The molecule has 0 N–H and O–H groups in total. The maximum absolute atomic E-state index is 15.2. The topological polar surface area (TPSA) is 67.8 Å². The van der Waals surface area contributed by atoms with Crippen molar-refractivity contribution in [3.63, 3.8) is 0 Å². The van der Waals surface area contributed by atoms with Crippen molar-refractivity contribution >= 4 is 46.0 Å². The Morgan fingerprint density at radius 1 is 1.26 bits per heavy atom. The summed E-state index contributed by atoms with van der Waals surface area (Å²) in [6.07, 6.45) is 1.36. The largest absolute Gasteiger partial charge is 0.472 e. The van der Waals surface area contributed by atoms with Gasteiger partial charge in [0, 0.05) is 51.6 Å². The molecule has 2 saturated heterocycles. The van der Waals surface area contributed by atoms with Crippen LogP contribution in [0.5, 0.6) is 5.88 Å². The first kappa shape index (κ1) is 25.2. The third-order valence-corrected chi connectivity index (χ3v) is 7.26. The molecule has 0 bridgehead atoms. The lowest BCUT2D eigenvalue weighted by atomic mass is 9.98. The highest BCUT2D eigenvalue weighted by Crippen LogP contribution is 2.35. The van der Waals surface area contributed by atoms with Crippen LogP contribution in [0, 0.1) is 5.92 Å². The molecule has 34 heavy (non-hydrogen) atoms. The number of carbonyl (C=O) groups excluding carboxylic acids is 1. The zero-order valence-corrected chi connectivity index (χ0v) is 21.3. The fraction of sp³-hybridized carbons (Fsp3) is 0.625. The summed E-state index contributed by atoms with van der Waals surface area (Å²) in [6, 6.07) is 3.36. The molecule has 1 aromatic heterocycles. The normalized spacial score (nSPS) is 20.2. The molecule has 0 unspecified atom stereocenters. The number of benzene rings is 1. The smallest absolute Gasteiger partial charge is 0.258 e. The van der Waals surface area contributed by atoms with E-state index in [4.69, 9.17) is 37.7 Å². The van der Waals surface area contributed by atoms with Crippen molar-refractivity contribution in [2.75, 3.05) is 44.4 Å². The Labute approximate surface area is 209 Å². The lowest BCUT2D eigenvalue weighted by molar-refractivity contribution is -0.136. The minimum atomic E-state index is -1.47. The Morgan fingerprint density at radius 2 is 1.91 bits per heavy atom. The van der Waals surface area contributed by atoms with Gasteiger partial charge in [0.15, 0.2) is 5.82 Å². The molecule has 0 aliphatic carbocycles. The van der Waals surface area contributed by atoms with Crippen molar-refractivity contribution in [3.05, 3.63) is 22.2 Å². The summed E-state index contributed by atoms with van der Waals surface area (Å²) < 4.78 is 26.5. The first-order chi connectivity index (χ1) is 16.2. The van der Waals surface area contributed by atoms with Crippen LogP contribution in [0.1, 0.15) is 40.0 Å². The molecule has 7 nitrogen and oxygen atoms in total. The predicted molar refractivity (Wildman–Crippen MR) is 132 cm³/mol. The number of rotatable bonds is 7. The van der Waals surface area contributed by atoms with Gasteiger partial charge in [-0.1, -0.05) is 37.0 Å². The number of anilines is 1. The zero-order valence-electron chi connectivity index (χ0n) is 19.8. The highest BCUT2D eigenvalue weighted by atomic mass is 35.5. The Balaban J connectivity index is 1.63. The number of amides is 1. The van der Waals surface area contributed by atoms with Gasteiger partial charge in [-0.15, -0.1) is 0 Å². The summed E-state index contributed by atoms with van der Waals surface area (Å²) >= 11 is 12.4. The van der Waals surface area contributed by atoms with E-state index in [9.17, 15) is 4.79 Å². The van der Waals surface area contributed by atoms with Gasteiger partial charge < -0.3 is 19.3 Å². The van der Waals surface area contributed by atoms with Crippen molar-refractivity contribution in [2.24, 2.45) is 5.92 Å². The minimum absolute atomic E-state index is 0.0575. The fourth-order valence-corrected chi connectivity index (χ4v) is 4.84. The Bertz CT molecular complexity index is 1050. The van der Waals surface area contributed by atoms with Gasteiger partial charge in [-0.05, 0) is 25.5 Å². The summed E-state index contributed by atoms with van der Waals surface area (Å²) in [6.45, 7) is 8.35. The fourth-order valence-electron chi connectivity index (χ4n) is 4.52. The number of halogens is 3. The van der Waals surface area contributed by atoms with Crippen LogP contribution in [0.4, 0.5) is 10.2 Å². The van der Waals surface area contributed by atoms with E-state index in [2.05, 4.69) is 9.88 Å². The molecular weight excluding hydrogens is 482 g/mol. The summed E-state index contributed by atoms with van der Waals surface area (Å²) in [7, 11) is 0. The molecular formula is C24H31Cl2FN4O3. The van der Waals surface area contributed by atoms with Crippen LogP contribution in [0.3, 0.4) is 0 Å². The minimum Gasteiger partial charge on any atom is -0.472 e. The predicted octanol–water partition coefficient (Wildman–Crippen LogP) is 4.92. The van der Waals surface area contributed by atoms with Crippen molar-refractivity contribution in [1.29, 1.82) is 0 Å². The molecule has 186 valence electrons. The van der Waals surface area contributed by atoms with Crippen molar-refractivity contribution in [1.82, 2.24) is 14.9 Å². The van der Waals surface area contributed by atoms with Crippen LogP contribution in [0.15, 0.2) is 12.1 Å². The van der Waals surface area contributed by atoms with E-state index in [0.29, 0.717) is 59.7 Å². The number of carbonyl (C=O) groups is 1. The second-order valence-electron chi connectivity index (χ2n) is 9.33. The van der Waals surface area contributed by atoms with Crippen LogP contribution >= 0.6 is 23.2 Å². The molecule has 4 rings (SSSR count). The van der Waals surface area contributed by atoms with Crippen molar-refractivity contribution in [3.8, 4) is 5.88 Å². The molecule has 3 heterocycles. The molecule has 0 saturated carbocycles. The number of alkyl halides is 1.